The molecule has 1 aliphatic rings. The lowest BCUT2D eigenvalue weighted by atomic mass is 10.2. The van der Waals surface area contributed by atoms with Crippen molar-refractivity contribution in [1.29, 1.82) is 0 Å². The van der Waals surface area contributed by atoms with Crippen LogP contribution < -0.4 is 0 Å². The molecule has 0 saturated carbocycles. The molecular formula is C17H24N4O3S2. The molecule has 0 amide bonds. The van der Waals surface area contributed by atoms with Crippen molar-refractivity contribution in [2.75, 3.05) is 13.1 Å². The van der Waals surface area contributed by atoms with E-state index >= 15 is 0 Å². The van der Waals surface area contributed by atoms with Crippen molar-refractivity contribution >= 4 is 21.8 Å². The van der Waals surface area contributed by atoms with Gasteiger partial charge < -0.3 is 4.52 Å². The highest BCUT2D eigenvalue weighted by Gasteiger charge is 2.25. The van der Waals surface area contributed by atoms with Gasteiger partial charge >= 0.3 is 0 Å². The molecule has 0 spiro atoms. The topological polar surface area (TPSA) is 89.2 Å². The van der Waals surface area contributed by atoms with E-state index < -0.39 is 10.0 Å². The Morgan fingerprint density at radius 2 is 1.92 bits per heavy atom. The van der Waals surface area contributed by atoms with Gasteiger partial charge in [0.1, 0.15) is 4.90 Å². The highest BCUT2D eigenvalue weighted by atomic mass is 32.2. The summed E-state index contributed by atoms with van der Waals surface area (Å²) < 4.78 is 32.3. The molecule has 2 aromatic rings. The van der Waals surface area contributed by atoms with E-state index in [0.29, 0.717) is 30.6 Å². The smallest absolute Gasteiger partial charge is 0.244 e. The van der Waals surface area contributed by atoms with Gasteiger partial charge in [0.2, 0.25) is 15.9 Å². The normalized spacial score (nSPS) is 16.7. The molecular weight excluding hydrogens is 372 g/mol. The zero-order chi connectivity index (χ0) is 18.6. The lowest BCUT2D eigenvalue weighted by molar-refractivity contribution is 0.383. The Balaban J connectivity index is 1.63. The molecule has 0 aliphatic carbocycles. The van der Waals surface area contributed by atoms with Crippen LogP contribution in [0.4, 0.5) is 0 Å². The first-order chi connectivity index (χ1) is 12.5. The van der Waals surface area contributed by atoms with Crippen LogP contribution in [0.25, 0.3) is 0 Å². The SMILES string of the molecule is CC(C)c1noc(CSc2ccc(S(=O)(=O)N3CCCCCC3)cn2)n1. The van der Waals surface area contributed by atoms with E-state index in [9.17, 15) is 8.42 Å². The van der Waals surface area contributed by atoms with Crippen LogP contribution in [0, 0.1) is 0 Å². The monoisotopic (exact) mass is 396 g/mol. The molecule has 9 heteroatoms. The third-order valence-electron chi connectivity index (χ3n) is 4.26. The second kappa shape index (κ2) is 8.49. The minimum atomic E-state index is -3.45. The molecule has 0 atom stereocenters. The minimum Gasteiger partial charge on any atom is -0.338 e. The standard InChI is InChI=1S/C17H24N4O3S2/c1-13(2)17-19-15(24-20-17)12-25-16-8-7-14(11-18-16)26(22,23)21-9-5-3-4-6-10-21/h7-8,11,13H,3-6,9-10,12H2,1-2H3. The van der Waals surface area contributed by atoms with Gasteiger partial charge in [-0.1, -0.05) is 43.6 Å². The number of hydrogen-bond donors (Lipinski definition) is 0. The summed E-state index contributed by atoms with van der Waals surface area (Å²) >= 11 is 1.44. The Bertz CT molecular complexity index is 811. The van der Waals surface area contributed by atoms with Crippen LogP contribution in [-0.2, 0) is 15.8 Å². The van der Waals surface area contributed by atoms with E-state index in [-0.39, 0.29) is 10.8 Å². The van der Waals surface area contributed by atoms with Crippen LogP contribution in [0.1, 0.15) is 57.2 Å². The fraction of sp³-hybridized carbons (Fsp3) is 0.588. The molecule has 7 nitrogen and oxygen atoms in total. The van der Waals surface area contributed by atoms with Gasteiger partial charge in [0, 0.05) is 25.2 Å². The molecule has 2 aromatic heterocycles. The first-order valence-electron chi connectivity index (χ1n) is 8.88. The Labute approximate surface area is 158 Å². The van der Waals surface area contributed by atoms with Gasteiger partial charge in [-0.05, 0) is 25.0 Å². The highest BCUT2D eigenvalue weighted by Crippen LogP contribution is 2.24. The summed E-state index contributed by atoms with van der Waals surface area (Å²) in [5.41, 5.74) is 0. The van der Waals surface area contributed by atoms with Crippen molar-refractivity contribution in [1.82, 2.24) is 19.4 Å². The molecule has 142 valence electrons. The van der Waals surface area contributed by atoms with Gasteiger partial charge in [-0.15, -0.1) is 0 Å². The molecule has 1 saturated heterocycles. The highest BCUT2D eigenvalue weighted by molar-refractivity contribution is 7.98. The summed E-state index contributed by atoms with van der Waals surface area (Å²) in [6, 6.07) is 3.36. The van der Waals surface area contributed by atoms with Gasteiger partial charge in [-0.3, -0.25) is 0 Å². The van der Waals surface area contributed by atoms with Crippen LogP contribution >= 0.6 is 11.8 Å². The molecule has 3 rings (SSSR count). The third kappa shape index (κ3) is 4.63. The fourth-order valence-corrected chi connectivity index (χ4v) is 4.88. The maximum atomic E-state index is 12.7. The van der Waals surface area contributed by atoms with Gasteiger partial charge in [0.15, 0.2) is 5.82 Å². The second-order valence-corrected chi connectivity index (χ2v) is 9.57. The van der Waals surface area contributed by atoms with Gasteiger partial charge in [-0.25, -0.2) is 13.4 Å². The summed E-state index contributed by atoms with van der Waals surface area (Å²) in [5, 5.41) is 4.66. The first kappa shape index (κ1) is 19.3. The summed E-state index contributed by atoms with van der Waals surface area (Å²) in [4.78, 5) is 8.86. The number of aromatic nitrogens is 3. The van der Waals surface area contributed by atoms with E-state index in [1.807, 2.05) is 13.8 Å². The Morgan fingerprint density at radius 1 is 1.19 bits per heavy atom. The van der Waals surface area contributed by atoms with Crippen molar-refractivity contribution in [3.05, 3.63) is 30.0 Å². The van der Waals surface area contributed by atoms with Crippen molar-refractivity contribution < 1.29 is 12.9 Å². The number of rotatable bonds is 6. The predicted octanol–water partition coefficient (Wildman–Crippen LogP) is 3.45. The lowest BCUT2D eigenvalue weighted by Crippen LogP contribution is -2.32. The average Bonchev–Trinajstić information content (AvgIpc) is 2.93. The molecule has 1 fully saturated rings. The summed E-state index contributed by atoms with van der Waals surface area (Å²) in [5.74, 6) is 1.96. The number of pyridine rings is 1. The molecule has 26 heavy (non-hydrogen) atoms. The van der Waals surface area contributed by atoms with Crippen LogP contribution in [0.2, 0.25) is 0 Å². The van der Waals surface area contributed by atoms with E-state index in [1.54, 1.807) is 16.4 Å². The molecule has 0 N–H and O–H groups in total. The predicted molar refractivity (Wildman–Crippen MR) is 99.4 cm³/mol. The molecule has 0 aromatic carbocycles. The second-order valence-electron chi connectivity index (χ2n) is 6.64. The van der Waals surface area contributed by atoms with Crippen molar-refractivity contribution in [2.24, 2.45) is 0 Å². The summed E-state index contributed by atoms with van der Waals surface area (Å²) in [6.45, 7) is 5.20. The van der Waals surface area contributed by atoms with E-state index in [4.69, 9.17) is 4.52 Å². The first-order valence-corrected chi connectivity index (χ1v) is 11.3. The maximum absolute atomic E-state index is 12.7. The van der Waals surface area contributed by atoms with Crippen LogP contribution in [0.3, 0.4) is 0 Å². The quantitative estimate of drug-likeness (QED) is 0.691. The number of thioether (sulfide) groups is 1. The maximum Gasteiger partial charge on any atom is 0.244 e. The molecule has 1 aliphatic heterocycles. The average molecular weight is 397 g/mol. The Kier molecular flexibility index (Phi) is 6.31. The van der Waals surface area contributed by atoms with Crippen LogP contribution in [0.5, 0.6) is 0 Å². The summed E-state index contributed by atoms with van der Waals surface area (Å²) in [7, 11) is -3.45. The van der Waals surface area contributed by atoms with Gasteiger partial charge in [0.05, 0.1) is 10.8 Å². The molecule has 0 radical (unpaired) electrons. The largest absolute Gasteiger partial charge is 0.338 e. The zero-order valence-electron chi connectivity index (χ0n) is 15.1. The molecule has 0 bridgehead atoms. The van der Waals surface area contributed by atoms with Gasteiger partial charge in [0.25, 0.3) is 0 Å². The Morgan fingerprint density at radius 3 is 2.50 bits per heavy atom. The third-order valence-corrected chi connectivity index (χ3v) is 7.07. The van der Waals surface area contributed by atoms with Crippen LogP contribution in [-0.4, -0.2) is 40.9 Å². The lowest BCUT2D eigenvalue weighted by Gasteiger charge is -2.19. The van der Waals surface area contributed by atoms with Gasteiger partial charge in [-0.2, -0.15) is 9.29 Å². The fourth-order valence-electron chi connectivity index (χ4n) is 2.73. The number of nitrogens with zero attached hydrogens (tertiary/aromatic N) is 4. The number of sulfonamides is 1. The summed E-state index contributed by atoms with van der Waals surface area (Å²) in [6.07, 6.45) is 5.46. The van der Waals surface area contributed by atoms with E-state index in [0.717, 1.165) is 30.7 Å². The van der Waals surface area contributed by atoms with Crippen molar-refractivity contribution in [3.8, 4) is 0 Å². The molecule has 0 unspecified atom stereocenters. The van der Waals surface area contributed by atoms with E-state index in [2.05, 4.69) is 15.1 Å². The van der Waals surface area contributed by atoms with Crippen molar-refractivity contribution in [2.45, 2.75) is 61.1 Å². The van der Waals surface area contributed by atoms with E-state index in [1.165, 1.54) is 18.0 Å². The zero-order valence-corrected chi connectivity index (χ0v) is 16.7. The minimum absolute atomic E-state index is 0.221. The molecule has 3 heterocycles. The number of hydrogen-bond acceptors (Lipinski definition) is 7. The Hall–Kier alpha value is -1.45. The van der Waals surface area contributed by atoms with Crippen molar-refractivity contribution in [3.63, 3.8) is 0 Å². The van der Waals surface area contributed by atoms with Crippen LogP contribution in [0.15, 0.2) is 32.8 Å².